The molecule has 104 valence electrons. The van der Waals surface area contributed by atoms with Gasteiger partial charge in [-0.3, -0.25) is 4.79 Å². The minimum Gasteiger partial charge on any atom is -0.369 e. The molecule has 0 bridgehead atoms. The third-order valence-corrected chi connectivity index (χ3v) is 4.01. The van der Waals surface area contributed by atoms with E-state index < -0.39 is 0 Å². The molecular formula is C16H24N2O. The van der Waals surface area contributed by atoms with Crippen molar-refractivity contribution in [2.45, 2.75) is 39.2 Å². The van der Waals surface area contributed by atoms with Gasteiger partial charge in [-0.15, -0.1) is 0 Å². The summed E-state index contributed by atoms with van der Waals surface area (Å²) in [6, 6.07) is 10.7. The van der Waals surface area contributed by atoms with Crippen LogP contribution < -0.4 is 10.2 Å². The summed E-state index contributed by atoms with van der Waals surface area (Å²) in [5.74, 6) is 0.399. The second-order valence-electron chi connectivity index (χ2n) is 5.29. The Labute approximate surface area is 116 Å². The summed E-state index contributed by atoms with van der Waals surface area (Å²) in [5, 5.41) is 3.20. The molecule has 19 heavy (non-hydrogen) atoms. The molecule has 0 radical (unpaired) electrons. The summed E-state index contributed by atoms with van der Waals surface area (Å²) in [6.45, 7) is 6.12. The van der Waals surface area contributed by atoms with Crippen LogP contribution >= 0.6 is 0 Å². The van der Waals surface area contributed by atoms with Crippen LogP contribution in [0.3, 0.4) is 0 Å². The maximum absolute atomic E-state index is 12.1. The topological polar surface area (TPSA) is 32.3 Å². The zero-order valence-corrected chi connectivity index (χ0v) is 11.9. The number of hydrogen-bond donors (Lipinski definition) is 1. The van der Waals surface area contributed by atoms with E-state index in [4.69, 9.17) is 0 Å². The molecule has 1 heterocycles. The van der Waals surface area contributed by atoms with E-state index in [9.17, 15) is 4.79 Å². The van der Waals surface area contributed by atoms with Gasteiger partial charge in [-0.1, -0.05) is 32.0 Å². The number of carbonyl (C=O) groups excluding carboxylic acids is 1. The Bertz CT molecular complexity index is 400. The normalized spacial score (nSPS) is 18.9. The number of carbonyl (C=O) groups is 1. The molecular weight excluding hydrogens is 236 g/mol. The van der Waals surface area contributed by atoms with Gasteiger partial charge in [0.25, 0.3) is 0 Å². The largest absolute Gasteiger partial charge is 0.369 e. The van der Waals surface area contributed by atoms with Crippen molar-refractivity contribution in [2.24, 2.45) is 5.92 Å². The molecule has 1 aliphatic rings. The van der Waals surface area contributed by atoms with Crippen LogP contribution in [0.25, 0.3) is 0 Å². The molecule has 1 amide bonds. The van der Waals surface area contributed by atoms with E-state index in [1.54, 1.807) is 0 Å². The lowest BCUT2D eigenvalue weighted by atomic mass is 10.0. The maximum Gasteiger partial charge on any atom is 0.223 e. The fraction of sp³-hybridized carbons (Fsp3) is 0.562. The van der Waals surface area contributed by atoms with Crippen LogP contribution in [0.1, 0.15) is 33.1 Å². The number of rotatable bonds is 5. The van der Waals surface area contributed by atoms with Gasteiger partial charge < -0.3 is 10.2 Å². The molecule has 0 spiro atoms. The molecule has 1 aliphatic heterocycles. The van der Waals surface area contributed by atoms with Crippen LogP contribution in [0.5, 0.6) is 0 Å². The molecule has 0 aliphatic carbocycles. The number of hydrogen-bond acceptors (Lipinski definition) is 2. The van der Waals surface area contributed by atoms with Crippen molar-refractivity contribution >= 4 is 11.6 Å². The summed E-state index contributed by atoms with van der Waals surface area (Å²) in [5.41, 5.74) is 1.25. The highest BCUT2D eigenvalue weighted by atomic mass is 16.1. The first-order valence-corrected chi connectivity index (χ1v) is 7.35. The monoisotopic (exact) mass is 260 g/mol. The molecule has 1 aromatic rings. The lowest BCUT2D eigenvalue weighted by Crippen LogP contribution is -2.40. The highest BCUT2D eigenvalue weighted by Gasteiger charge is 2.25. The van der Waals surface area contributed by atoms with E-state index in [1.165, 1.54) is 5.69 Å². The van der Waals surface area contributed by atoms with Gasteiger partial charge in [0.2, 0.25) is 5.91 Å². The molecule has 3 heteroatoms. The average Bonchev–Trinajstić information content (AvgIpc) is 2.89. The average molecular weight is 260 g/mol. The second-order valence-corrected chi connectivity index (χ2v) is 5.29. The number of nitrogens with one attached hydrogen (secondary N) is 1. The van der Waals surface area contributed by atoms with Crippen LogP contribution in [0.2, 0.25) is 0 Å². The van der Waals surface area contributed by atoms with Crippen molar-refractivity contribution in [3.63, 3.8) is 0 Å². The van der Waals surface area contributed by atoms with E-state index in [1.807, 2.05) is 6.07 Å². The highest BCUT2D eigenvalue weighted by molar-refractivity contribution is 5.79. The maximum atomic E-state index is 12.1. The van der Waals surface area contributed by atoms with E-state index in [0.717, 1.165) is 32.4 Å². The molecule has 1 unspecified atom stereocenters. The Balaban J connectivity index is 1.87. The number of para-hydroxylation sites is 1. The molecule has 1 aromatic carbocycles. The molecule has 1 atom stereocenters. The van der Waals surface area contributed by atoms with Gasteiger partial charge in [0, 0.05) is 30.7 Å². The van der Waals surface area contributed by atoms with Crippen molar-refractivity contribution in [3.05, 3.63) is 30.3 Å². The van der Waals surface area contributed by atoms with Crippen LogP contribution in [-0.2, 0) is 4.79 Å². The summed E-state index contributed by atoms with van der Waals surface area (Å²) >= 11 is 0. The highest BCUT2D eigenvalue weighted by Crippen LogP contribution is 2.20. The molecule has 2 rings (SSSR count). The quantitative estimate of drug-likeness (QED) is 0.883. The van der Waals surface area contributed by atoms with Crippen molar-refractivity contribution < 1.29 is 4.79 Å². The van der Waals surface area contributed by atoms with Gasteiger partial charge >= 0.3 is 0 Å². The SMILES string of the molecule is CCC(CC)C(=O)NC1CCN(c2ccccc2)C1. The van der Waals surface area contributed by atoms with Crippen molar-refractivity contribution in [1.29, 1.82) is 0 Å². The van der Waals surface area contributed by atoms with E-state index in [2.05, 4.69) is 48.3 Å². The van der Waals surface area contributed by atoms with Gasteiger partial charge in [0.15, 0.2) is 0 Å². The van der Waals surface area contributed by atoms with Crippen molar-refractivity contribution in [3.8, 4) is 0 Å². The first kappa shape index (κ1) is 13.9. The lowest BCUT2D eigenvalue weighted by molar-refractivity contribution is -0.125. The Kier molecular flexibility index (Phi) is 4.83. The Morgan fingerprint density at radius 2 is 2.00 bits per heavy atom. The summed E-state index contributed by atoms with van der Waals surface area (Å²) in [6.07, 6.45) is 2.90. The first-order valence-electron chi connectivity index (χ1n) is 7.35. The minimum atomic E-state index is 0.172. The third-order valence-electron chi connectivity index (χ3n) is 4.01. The third kappa shape index (κ3) is 3.49. The van der Waals surface area contributed by atoms with Gasteiger partial charge in [0.1, 0.15) is 0 Å². The van der Waals surface area contributed by atoms with Gasteiger partial charge in [0.05, 0.1) is 0 Å². The fourth-order valence-electron chi connectivity index (χ4n) is 2.73. The number of anilines is 1. The van der Waals surface area contributed by atoms with Gasteiger partial charge in [-0.05, 0) is 31.4 Å². The Morgan fingerprint density at radius 3 is 2.63 bits per heavy atom. The zero-order chi connectivity index (χ0) is 13.7. The van der Waals surface area contributed by atoms with Crippen LogP contribution in [0.15, 0.2) is 30.3 Å². The van der Waals surface area contributed by atoms with Gasteiger partial charge in [-0.2, -0.15) is 0 Å². The van der Waals surface area contributed by atoms with Crippen molar-refractivity contribution in [2.75, 3.05) is 18.0 Å². The first-order chi connectivity index (χ1) is 9.24. The van der Waals surface area contributed by atoms with E-state index in [-0.39, 0.29) is 11.8 Å². The molecule has 1 fully saturated rings. The summed E-state index contributed by atoms with van der Waals surface area (Å²) in [4.78, 5) is 14.4. The molecule has 0 aromatic heterocycles. The fourth-order valence-corrected chi connectivity index (χ4v) is 2.73. The molecule has 3 nitrogen and oxygen atoms in total. The predicted molar refractivity (Wildman–Crippen MR) is 79.3 cm³/mol. The molecule has 1 N–H and O–H groups in total. The predicted octanol–water partition coefficient (Wildman–Crippen LogP) is 2.82. The minimum absolute atomic E-state index is 0.172. The van der Waals surface area contributed by atoms with Crippen LogP contribution in [0, 0.1) is 5.92 Å². The van der Waals surface area contributed by atoms with Crippen LogP contribution in [-0.4, -0.2) is 25.0 Å². The summed E-state index contributed by atoms with van der Waals surface area (Å²) in [7, 11) is 0. The zero-order valence-electron chi connectivity index (χ0n) is 11.9. The number of nitrogens with zero attached hydrogens (tertiary/aromatic N) is 1. The van der Waals surface area contributed by atoms with Crippen molar-refractivity contribution in [1.82, 2.24) is 5.32 Å². The Morgan fingerprint density at radius 1 is 1.32 bits per heavy atom. The van der Waals surface area contributed by atoms with E-state index >= 15 is 0 Å². The smallest absolute Gasteiger partial charge is 0.223 e. The number of benzene rings is 1. The lowest BCUT2D eigenvalue weighted by Gasteiger charge is -2.20. The Hall–Kier alpha value is -1.51. The number of amides is 1. The van der Waals surface area contributed by atoms with Crippen LogP contribution in [0.4, 0.5) is 5.69 Å². The van der Waals surface area contributed by atoms with Gasteiger partial charge in [-0.25, -0.2) is 0 Å². The summed E-state index contributed by atoms with van der Waals surface area (Å²) < 4.78 is 0. The second kappa shape index (κ2) is 6.60. The standard InChI is InChI=1S/C16H24N2O/c1-3-13(4-2)16(19)17-14-10-11-18(12-14)15-8-6-5-7-9-15/h5-9,13-14H,3-4,10-12H2,1-2H3,(H,17,19). The van der Waals surface area contributed by atoms with E-state index in [0.29, 0.717) is 6.04 Å². The molecule has 0 saturated carbocycles. The molecule has 1 saturated heterocycles.